The summed E-state index contributed by atoms with van der Waals surface area (Å²) in [7, 11) is 0. The molecule has 0 bridgehead atoms. The first kappa shape index (κ1) is 31.5. The van der Waals surface area contributed by atoms with Gasteiger partial charge in [-0.15, -0.1) is 0 Å². The standard InChI is InChI=1S/C51H35N3O/c1-3-15-34(16-4-1)49-52-50(35-17-5-2-6-18-35)54-51(53-49)47-42-25-12-10-22-39(42)38-21-9-11-24-41(38)45(47)32-27-29-33(30-28-32)46-37-20-8-7-19-36(37)31-43-40-23-13-14-26-44(40)55-48(43)46/h1-31,49,51,53H,(H,52,54). The van der Waals surface area contributed by atoms with Crippen molar-refractivity contribution in [3.05, 3.63) is 205 Å². The molecular formula is C51H35N3O. The van der Waals surface area contributed by atoms with Gasteiger partial charge in [0.1, 0.15) is 29.3 Å². The molecule has 0 radical (unpaired) electrons. The Balaban J connectivity index is 1.13. The van der Waals surface area contributed by atoms with Crippen LogP contribution in [0.1, 0.15) is 29.0 Å². The molecule has 0 fully saturated rings. The van der Waals surface area contributed by atoms with E-state index in [0.717, 1.165) is 55.6 Å². The Hall–Kier alpha value is -7.01. The zero-order valence-corrected chi connectivity index (χ0v) is 29.9. The maximum atomic E-state index is 6.63. The van der Waals surface area contributed by atoms with E-state index < -0.39 is 0 Å². The lowest BCUT2D eigenvalue weighted by molar-refractivity contribution is 0.412. The number of rotatable bonds is 5. The number of fused-ring (bicyclic) bond motifs is 7. The molecule has 2 atom stereocenters. The van der Waals surface area contributed by atoms with Crippen molar-refractivity contribution in [1.82, 2.24) is 10.6 Å². The second-order valence-corrected chi connectivity index (χ2v) is 14.3. The van der Waals surface area contributed by atoms with Crippen LogP contribution in [0.15, 0.2) is 197 Å². The minimum Gasteiger partial charge on any atom is -0.455 e. The highest BCUT2D eigenvalue weighted by atomic mass is 16.3. The van der Waals surface area contributed by atoms with Gasteiger partial charge in [-0.1, -0.05) is 176 Å². The van der Waals surface area contributed by atoms with Gasteiger partial charge in [-0.2, -0.15) is 0 Å². The van der Waals surface area contributed by atoms with Crippen LogP contribution in [0, 0.1) is 0 Å². The Morgan fingerprint density at radius 2 is 1.00 bits per heavy atom. The van der Waals surface area contributed by atoms with Crippen LogP contribution in [-0.4, -0.2) is 5.84 Å². The summed E-state index contributed by atoms with van der Waals surface area (Å²) >= 11 is 0. The fourth-order valence-electron chi connectivity index (χ4n) is 8.65. The number of nitrogens with one attached hydrogen (secondary N) is 2. The number of hydrogen-bond donors (Lipinski definition) is 2. The van der Waals surface area contributed by atoms with E-state index in [-0.39, 0.29) is 12.3 Å². The van der Waals surface area contributed by atoms with Crippen LogP contribution in [0.4, 0.5) is 0 Å². The zero-order valence-electron chi connectivity index (χ0n) is 29.9. The van der Waals surface area contributed by atoms with Crippen molar-refractivity contribution in [3.63, 3.8) is 0 Å². The van der Waals surface area contributed by atoms with E-state index in [0.29, 0.717) is 0 Å². The first-order valence-electron chi connectivity index (χ1n) is 18.9. The van der Waals surface area contributed by atoms with E-state index in [9.17, 15) is 0 Å². The summed E-state index contributed by atoms with van der Waals surface area (Å²) in [5.41, 5.74) is 9.75. The van der Waals surface area contributed by atoms with E-state index in [4.69, 9.17) is 9.41 Å². The van der Waals surface area contributed by atoms with E-state index >= 15 is 0 Å². The van der Waals surface area contributed by atoms with Gasteiger partial charge in [0.05, 0.1) is 0 Å². The molecule has 1 aliphatic heterocycles. The fourth-order valence-corrected chi connectivity index (χ4v) is 8.65. The quantitative estimate of drug-likeness (QED) is 0.175. The molecule has 0 saturated carbocycles. The summed E-state index contributed by atoms with van der Waals surface area (Å²) in [5, 5.41) is 17.3. The van der Waals surface area contributed by atoms with E-state index in [1.807, 2.05) is 12.1 Å². The molecule has 55 heavy (non-hydrogen) atoms. The lowest BCUT2D eigenvalue weighted by Crippen LogP contribution is -2.45. The summed E-state index contributed by atoms with van der Waals surface area (Å²) in [6.45, 7) is 0. The second kappa shape index (κ2) is 12.8. The molecule has 1 aromatic heterocycles. The van der Waals surface area contributed by atoms with Gasteiger partial charge in [0.15, 0.2) is 0 Å². The smallest absolute Gasteiger partial charge is 0.143 e. The maximum absolute atomic E-state index is 6.63. The highest BCUT2D eigenvalue weighted by Gasteiger charge is 2.30. The fraction of sp³-hybridized carbons (Fsp3) is 0.0392. The van der Waals surface area contributed by atoms with Gasteiger partial charge in [-0.05, 0) is 66.7 Å². The molecule has 11 rings (SSSR count). The third kappa shape index (κ3) is 5.22. The lowest BCUT2D eigenvalue weighted by atomic mass is 9.85. The first-order valence-corrected chi connectivity index (χ1v) is 18.9. The van der Waals surface area contributed by atoms with Gasteiger partial charge in [0, 0.05) is 27.5 Å². The minimum absolute atomic E-state index is 0.249. The van der Waals surface area contributed by atoms with E-state index in [1.54, 1.807) is 0 Å². The van der Waals surface area contributed by atoms with Gasteiger partial charge < -0.3 is 9.73 Å². The van der Waals surface area contributed by atoms with Crippen molar-refractivity contribution in [3.8, 4) is 22.3 Å². The van der Waals surface area contributed by atoms with Crippen molar-refractivity contribution in [1.29, 1.82) is 0 Å². The molecule has 0 saturated heterocycles. The first-order chi connectivity index (χ1) is 27.3. The average Bonchev–Trinajstić information content (AvgIpc) is 3.63. The zero-order chi connectivity index (χ0) is 36.3. The molecule has 10 aromatic rings. The molecule has 0 aliphatic carbocycles. The van der Waals surface area contributed by atoms with Crippen LogP contribution in [0.25, 0.3) is 76.5 Å². The number of furan rings is 1. The number of benzene rings is 9. The summed E-state index contributed by atoms with van der Waals surface area (Å²) in [6.07, 6.45) is -0.504. The molecule has 4 heteroatoms. The number of amidine groups is 1. The van der Waals surface area contributed by atoms with Crippen molar-refractivity contribution in [2.45, 2.75) is 12.3 Å². The Morgan fingerprint density at radius 1 is 0.436 bits per heavy atom. The molecule has 4 nitrogen and oxygen atoms in total. The number of aliphatic imine (C=N–C) groups is 1. The second-order valence-electron chi connectivity index (χ2n) is 14.3. The van der Waals surface area contributed by atoms with Crippen LogP contribution in [0.2, 0.25) is 0 Å². The molecular weight excluding hydrogens is 671 g/mol. The molecule has 1 aliphatic rings. The minimum atomic E-state index is -0.254. The van der Waals surface area contributed by atoms with E-state index in [2.05, 4.69) is 187 Å². The normalized spacial score (nSPS) is 15.8. The predicted octanol–water partition coefficient (Wildman–Crippen LogP) is 12.7. The van der Waals surface area contributed by atoms with Gasteiger partial charge in [-0.3, -0.25) is 5.32 Å². The third-order valence-electron chi connectivity index (χ3n) is 11.1. The Labute approximate surface area is 318 Å². The summed E-state index contributed by atoms with van der Waals surface area (Å²) < 4.78 is 6.63. The summed E-state index contributed by atoms with van der Waals surface area (Å²) in [5.74, 6) is 0.863. The number of hydrogen-bond acceptors (Lipinski definition) is 4. The monoisotopic (exact) mass is 705 g/mol. The summed E-state index contributed by atoms with van der Waals surface area (Å²) in [4.78, 5) is 5.24. The number of para-hydroxylation sites is 1. The van der Waals surface area contributed by atoms with Crippen LogP contribution >= 0.6 is 0 Å². The average molecular weight is 706 g/mol. The lowest BCUT2D eigenvalue weighted by Gasteiger charge is -2.34. The molecule has 2 N–H and O–H groups in total. The highest BCUT2D eigenvalue weighted by Crippen LogP contribution is 2.45. The van der Waals surface area contributed by atoms with Gasteiger partial charge >= 0.3 is 0 Å². The molecule has 9 aromatic carbocycles. The van der Waals surface area contributed by atoms with Gasteiger partial charge in [-0.25, -0.2) is 4.99 Å². The third-order valence-corrected chi connectivity index (χ3v) is 11.1. The van der Waals surface area contributed by atoms with Crippen molar-refractivity contribution in [2.75, 3.05) is 0 Å². The molecule has 0 amide bonds. The number of nitrogens with zero attached hydrogens (tertiary/aromatic N) is 1. The van der Waals surface area contributed by atoms with E-state index in [1.165, 1.54) is 43.4 Å². The van der Waals surface area contributed by atoms with Crippen molar-refractivity contribution >= 4 is 60.1 Å². The maximum Gasteiger partial charge on any atom is 0.143 e. The van der Waals surface area contributed by atoms with Gasteiger partial charge in [0.2, 0.25) is 0 Å². The molecule has 260 valence electrons. The highest BCUT2D eigenvalue weighted by molar-refractivity contribution is 6.19. The topological polar surface area (TPSA) is 49.6 Å². The molecule has 2 unspecified atom stereocenters. The SMILES string of the molecule is c1ccc(C2=NC(c3ccccc3)NC(c3c(-c4ccc(-c5c6ccccc6cc6c5oc5ccccc56)cc4)c4ccccc4c4ccccc34)N2)cc1. The largest absolute Gasteiger partial charge is 0.455 e. The Kier molecular flexibility index (Phi) is 7.35. The van der Waals surface area contributed by atoms with Crippen LogP contribution in [-0.2, 0) is 0 Å². The van der Waals surface area contributed by atoms with Crippen molar-refractivity contribution in [2.24, 2.45) is 4.99 Å². The van der Waals surface area contributed by atoms with Crippen LogP contribution in [0.5, 0.6) is 0 Å². The van der Waals surface area contributed by atoms with Gasteiger partial charge in [0.25, 0.3) is 0 Å². The predicted molar refractivity (Wildman–Crippen MR) is 228 cm³/mol. The molecule has 2 heterocycles. The molecule has 0 spiro atoms. The van der Waals surface area contributed by atoms with Crippen LogP contribution < -0.4 is 10.6 Å². The Morgan fingerprint density at radius 3 is 1.75 bits per heavy atom. The summed E-state index contributed by atoms with van der Waals surface area (Å²) in [6, 6.07) is 66.9. The van der Waals surface area contributed by atoms with Crippen LogP contribution in [0.3, 0.4) is 0 Å². The van der Waals surface area contributed by atoms with Crippen molar-refractivity contribution < 1.29 is 4.42 Å². The Bertz CT molecular complexity index is 3090.